The van der Waals surface area contributed by atoms with Crippen molar-refractivity contribution in [3.05, 3.63) is 41.1 Å². The lowest BCUT2D eigenvalue weighted by Gasteiger charge is -2.29. The number of carbonyl (C=O) groups is 3. The number of nitrogens with zero attached hydrogens (tertiary/aromatic N) is 2. The van der Waals surface area contributed by atoms with E-state index in [1.165, 1.54) is 24.3 Å². The number of rotatable bonds is 4. The van der Waals surface area contributed by atoms with Gasteiger partial charge in [-0.05, 0) is 59.7 Å². The second-order valence-corrected chi connectivity index (χ2v) is 9.01. The van der Waals surface area contributed by atoms with Crippen LogP contribution in [0.4, 0.5) is 15.3 Å². The zero-order valence-corrected chi connectivity index (χ0v) is 19.0. The minimum Gasteiger partial charge on any atom is -0.443 e. The number of benzene rings is 1. The topological polar surface area (TPSA) is 76.2 Å². The lowest BCUT2D eigenvalue weighted by Crippen LogP contribution is -2.44. The number of allylic oxidation sites excluding steroid dienone is 1. The summed E-state index contributed by atoms with van der Waals surface area (Å²) in [6.45, 7) is 10.1. The van der Waals surface area contributed by atoms with E-state index in [0.717, 1.165) is 4.90 Å². The van der Waals surface area contributed by atoms with Crippen molar-refractivity contribution in [1.82, 2.24) is 4.90 Å². The van der Waals surface area contributed by atoms with Gasteiger partial charge in [0.2, 0.25) is 0 Å². The van der Waals surface area contributed by atoms with Gasteiger partial charge < -0.3 is 14.4 Å². The standard InChI is InChI=1S/C21H29ClN2O5/c1-20(2,3)28-18(26)24(19(27)29-21(4,5)6)16-10-9-14(13-15(16)22)17(25)11-12-23(7)8/h9-13H,1-8H3/b12-11+. The molecule has 0 bridgehead atoms. The molecule has 0 aliphatic heterocycles. The predicted octanol–water partition coefficient (Wildman–Crippen LogP) is 5.27. The summed E-state index contributed by atoms with van der Waals surface area (Å²) in [4.78, 5) is 40.1. The molecule has 8 heteroatoms. The molecular weight excluding hydrogens is 396 g/mol. The van der Waals surface area contributed by atoms with E-state index >= 15 is 0 Å². The Kier molecular flexibility index (Phi) is 7.86. The quantitative estimate of drug-likeness (QED) is 0.483. The van der Waals surface area contributed by atoms with E-state index in [9.17, 15) is 14.4 Å². The number of hydrogen-bond donors (Lipinski definition) is 0. The molecule has 0 heterocycles. The van der Waals surface area contributed by atoms with Crippen molar-refractivity contribution in [3.63, 3.8) is 0 Å². The Labute approximate surface area is 177 Å². The first-order valence-corrected chi connectivity index (χ1v) is 9.43. The molecule has 0 aliphatic carbocycles. The highest BCUT2D eigenvalue weighted by molar-refractivity contribution is 6.35. The summed E-state index contributed by atoms with van der Waals surface area (Å²) in [5.41, 5.74) is -1.30. The van der Waals surface area contributed by atoms with Gasteiger partial charge in [-0.15, -0.1) is 0 Å². The third-order valence-corrected chi connectivity index (χ3v) is 3.45. The monoisotopic (exact) mass is 424 g/mol. The molecule has 160 valence electrons. The predicted molar refractivity (Wildman–Crippen MR) is 114 cm³/mol. The molecule has 1 aromatic carbocycles. The molecular formula is C21H29ClN2O5. The van der Waals surface area contributed by atoms with E-state index in [2.05, 4.69) is 0 Å². The number of imide groups is 1. The molecule has 0 unspecified atom stereocenters. The molecule has 0 aliphatic rings. The van der Waals surface area contributed by atoms with Crippen molar-refractivity contribution in [2.45, 2.75) is 52.7 Å². The highest BCUT2D eigenvalue weighted by Gasteiger charge is 2.34. The van der Waals surface area contributed by atoms with Gasteiger partial charge in [0, 0.05) is 31.9 Å². The molecule has 0 N–H and O–H groups in total. The van der Waals surface area contributed by atoms with Gasteiger partial charge in [-0.1, -0.05) is 11.6 Å². The molecule has 0 saturated heterocycles. The van der Waals surface area contributed by atoms with Crippen molar-refractivity contribution in [3.8, 4) is 0 Å². The van der Waals surface area contributed by atoms with Crippen molar-refractivity contribution in [2.75, 3.05) is 19.0 Å². The summed E-state index contributed by atoms with van der Waals surface area (Å²) in [6.07, 6.45) is 1.14. The first kappa shape index (κ1) is 24.5. The van der Waals surface area contributed by atoms with E-state index in [4.69, 9.17) is 21.1 Å². The normalized spacial score (nSPS) is 11.9. The second-order valence-electron chi connectivity index (χ2n) is 8.61. The van der Waals surface area contributed by atoms with E-state index in [1.54, 1.807) is 66.7 Å². The number of carbonyl (C=O) groups excluding carboxylic acids is 3. The summed E-state index contributed by atoms with van der Waals surface area (Å²) in [5, 5.41) is 0.0332. The third-order valence-electron chi connectivity index (χ3n) is 3.15. The Hall–Kier alpha value is -2.54. The summed E-state index contributed by atoms with van der Waals surface area (Å²) in [5.74, 6) is -0.270. The van der Waals surface area contributed by atoms with Crippen LogP contribution in [0.1, 0.15) is 51.9 Å². The van der Waals surface area contributed by atoms with Crippen LogP contribution in [0, 0.1) is 0 Å². The number of amides is 2. The van der Waals surface area contributed by atoms with E-state index < -0.39 is 23.4 Å². The summed E-state index contributed by atoms with van der Waals surface area (Å²) in [7, 11) is 3.58. The van der Waals surface area contributed by atoms with Crippen molar-refractivity contribution in [1.29, 1.82) is 0 Å². The average Bonchev–Trinajstić information content (AvgIpc) is 2.50. The van der Waals surface area contributed by atoms with Gasteiger partial charge in [-0.25, -0.2) is 9.59 Å². The highest BCUT2D eigenvalue weighted by atomic mass is 35.5. The van der Waals surface area contributed by atoms with E-state index in [1.807, 2.05) is 0 Å². The number of anilines is 1. The smallest absolute Gasteiger partial charge is 0.424 e. The number of hydrogen-bond acceptors (Lipinski definition) is 6. The average molecular weight is 425 g/mol. The van der Waals surface area contributed by atoms with Crippen LogP contribution in [0.5, 0.6) is 0 Å². The molecule has 0 atom stereocenters. The highest BCUT2D eigenvalue weighted by Crippen LogP contribution is 2.30. The minimum absolute atomic E-state index is 0.0332. The number of halogens is 1. The third kappa shape index (κ3) is 8.15. The molecule has 1 rings (SSSR count). The lowest BCUT2D eigenvalue weighted by atomic mass is 10.1. The van der Waals surface area contributed by atoms with Crippen LogP contribution in [0.2, 0.25) is 5.02 Å². The van der Waals surface area contributed by atoms with Gasteiger partial charge in [0.05, 0.1) is 10.7 Å². The van der Waals surface area contributed by atoms with E-state index in [0.29, 0.717) is 5.56 Å². The molecule has 29 heavy (non-hydrogen) atoms. The second kappa shape index (κ2) is 9.31. The van der Waals surface area contributed by atoms with Gasteiger partial charge in [-0.2, -0.15) is 4.90 Å². The molecule has 1 aromatic rings. The Morgan fingerprint density at radius 3 is 1.79 bits per heavy atom. The maximum Gasteiger partial charge on any atom is 0.424 e. The van der Waals surface area contributed by atoms with Crippen LogP contribution in [0.15, 0.2) is 30.5 Å². The Balaban J connectivity index is 3.32. The van der Waals surface area contributed by atoms with Crippen LogP contribution in [-0.2, 0) is 9.47 Å². The molecule has 7 nitrogen and oxygen atoms in total. The van der Waals surface area contributed by atoms with E-state index in [-0.39, 0.29) is 16.5 Å². The lowest BCUT2D eigenvalue weighted by molar-refractivity contribution is 0.0430. The summed E-state index contributed by atoms with van der Waals surface area (Å²) in [6, 6.07) is 4.28. The van der Waals surface area contributed by atoms with Crippen LogP contribution in [-0.4, -0.2) is 48.2 Å². The van der Waals surface area contributed by atoms with Crippen LogP contribution < -0.4 is 4.90 Å². The molecule has 0 radical (unpaired) electrons. The Morgan fingerprint density at radius 1 is 0.931 bits per heavy atom. The number of ether oxygens (including phenoxy) is 2. The van der Waals surface area contributed by atoms with Crippen LogP contribution in [0.3, 0.4) is 0 Å². The number of ketones is 1. The maximum absolute atomic E-state index is 12.7. The van der Waals surface area contributed by atoms with Crippen LogP contribution >= 0.6 is 11.6 Å². The van der Waals surface area contributed by atoms with Gasteiger partial charge in [-0.3, -0.25) is 4.79 Å². The summed E-state index contributed by atoms with van der Waals surface area (Å²) >= 11 is 6.32. The first-order chi connectivity index (χ1) is 13.1. The molecule has 2 amide bonds. The van der Waals surface area contributed by atoms with Gasteiger partial charge in [0.15, 0.2) is 5.78 Å². The van der Waals surface area contributed by atoms with Gasteiger partial charge in [0.25, 0.3) is 0 Å². The van der Waals surface area contributed by atoms with Gasteiger partial charge >= 0.3 is 12.2 Å². The fourth-order valence-corrected chi connectivity index (χ4v) is 2.31. The molecule has 0 aromatic heterocycles. The molecule has 0 spiro atoms. The van der Waals surface area contributed by atoms with Crippen molar-refractivity contribution >= 4 is 35.3 Å². The van der Waals surface area contributed by atoms with Crippen molar-refractivity contribution in [2.24, 2.45) is 0 Å². The van der Waals surface area contributed by atoms with Crippen molar-refractivity contribution < 1.29 is 23.9 Å². The fourth-order valence-electron chi connectivity index (χ4n) is 2.04. The Bertz CT molecular complexity index is 776. The zero-order valence-electron chi connectivity index (χ0n) is 18.2. The molecule has 0 fully saturated rings. The minimum atomic E-state index is -0.930. The van der Waals surface area contributed by atoms with Crippen LogP contribution in [0.25, 0.3) is 0 Å². The summed E-state index contributed by atoms with van der Waals surface area (Å²) < 4.78 is 10.7. The largest absolute Gasteiger partial charge is 0.443 e. The first-order valence-electron chi connectivity index (χ1n) is 9.05. The van der Waals surface area contributed by atoms with Gasteiger partial charge in [0.1, 0.15) is 11.2 Å². The zero-order chi connectivity index (χ0) is 22.6. The SMILES string of the molecule is CN(C)/C=C/C(=O)c1ccc(N(C(=O)OC(C)(C)C)C(=O)OC(C)(C)C)c(Cl)c1. The Morgan fingerprint density at radius 2 is 1.41 bits per heavy atom. The maximum atomic E-state index is 12.7. The molecule has 0 saturated carbocycles. The fraction of sp³-hybridized carbons (Fsp3) is 0.476.